The molecular formula is C8H6F3N3O3. The molecule has 0 atom stereocenters. The number of halogens is 3. The zero-order valence-corrected chi connectivity index (χ0v) is 8.08. The highest BCUT2D eigenvalue weighted by molar-refractivity contribution is 5.77. The number of hydrogen-bond donors (Lipinski definition) is 1. The number of alkyl halides is 3. The fourth-order valence-electron chi connectivity index (χ4n) is 1.25. The minimum Gasteiger partial charge on any atom is -0.412 e. The van der Waals surface area contributed by atoms with E-state index in [9.17, 15) is 23.3 Å². The quantitative estimate of drug-likeness (QED) is 0.613. The third-order valence-electron chi connectivity index (χ3n) is 1.94. The van der Waals surface area contributed by atoms with Crippen molar-refractivity contribution in [3.63, 3.8) is 0 Å². The van der Waals surface area contributed by atoms with Gasteiger partial charge in [-0.2, -0.15) is 13.2 Å². The maximum absolute atomic E-state index is 12.3. The number of nitro benzene ring substituents is 1. The molecule has 3 N–H and O–H groups in total. The number of benzene rings is 1. The fourth-order valence-corrected chi connectivity index (χ4v) is 1.25. The van der Waals surface area contributed by atoms with Gasteiger partial charge in [0.05, 0.1) is 16.0 Å². The molecule has 0 aliphatic rings. The molecule has 0 fully saturated rings. The number of hydrogen-bond acceptors (Lipinski definition) is 3. The van der Waals surface area contributed by atoms with Gasteiger partial charge in [-0.3, -0.25) is 10.1 Å². The summed E-state index contributed by atoms with van der Waals surface area (Å²) in [6.07, 6.45) is -4.59. The first-order valence-electron chi connectivity index (χ1n) is 4.09. The van der Waals surface area contributed by atoms with E-state index in [4.69, 9.17) is 0 Å². The molecule has 1 heterocycles. The Bertz CT molecular complexity index is 564. The molecule has 0 aliphatic heterocycles. The van der Waals surface area contributed by atoms with E-state index in [2.05, 4.69) is 4.98 Å². The molecule has 1 aromatic carbocycles. The molecule has 0 amide bonds. The van der Waals surface area contributed by atoms with E-state index in [1.54, 1.807) is 0 Å². The minimum atomic E-state index is -4.59. The van der Waals surface area contributed by atoms with Gasteiger partial charge in [0, 0.05) is 12.1 Å². The Kier molecular flexibility index (Phi) is 3.05. The lowest BCUT2D eigenvalue weighted by molar-refractivity contribution is -0.384. The highest BCUT2D eigenvalue weighted by atomic mass is 19.4. The molecule has 0 saturated carbocycles. The second-order valence-electron chi connectivity index (χ2n) is 3.04. The lowest BCUT2D eigenvalue weighted by Crippen LogP contribution is -2.06. The zero-order valence-electron chi connectivity index (χ0n) is 8.08. The summed E-state index contributed by atoms with van der Waals surface area (Å²) in [5.74, 6) is -1.16. The van der Waals surface area contributed by atoms with Crippen LogP contribution in [0.25, 0.3) is 11.0 Å². The number of rotatable bonds is 1. The molecule has 2 rings (SSSR count). The van der Waals surface area contributed by atoms with Crippen molar-refractivity contribution < 1.29 is 23.6 Å². The number of nitro groups is 1. The number of H-pyrrole nitrogens is 1. The van der Waals surface area contributed by atoms with Crippen LogP contribution in [0.2, 0.25) is 0 Å². The average molecular weight is 249 g/mol. The number of fused-ring (bicyclic) bond motifs is 1. The molecule has 0 bridgehead atoms. The van der Waals surface area contributed by atoms with Crippen LogP contribution in [0.1, 0.15) is 5.82 Å². The van der Waals surface area contributed by atoms with Crippen LogP contribution < -0.4 is 0 Å². The molecule has 0 unspecified atom stereocenters. The Balaban J connectivity index is 0.00000144. The fraction of sp³-hybridized carbons (Fsp3) is 0.125. The molecule has 6 nitrogen and oxygen atoms in total. The Morgan fingerprint density at radius 1 is 1.35 bits per heavy atom. The van der Waals surface area contributed by atoms with Gasteiger partial charge in [-0.25, -0.2) is 4.98 Å². The summed E-state index contributed by atoms with van der Waals surface area (Å²) in [4.78, 5) is 15.0. The Morgan fingerprint density at radius 3 is 2.53 bits per heavy atom. The third-order valence-corrected chi connectivity index (χ3v) is 1.94. The summed E-state index contributed by atoms with van der Waals surface area (Å²) < 4.78 is 36.8. The first kappa shape index (κ1) is 12.9. The Morgan fingerprint density at radius 2 is 2.00 bits per heavy atom. The van der Waals surface area contributed by atoms with Crippen LogP contribution in [0.5, 0.6) is 0 Å². The average Bonchev–Trinajstić information content (AvgIpc) is 2.58. The molecule has 92 valence electrons. The van der Waals surface area contributed by atoms with Gasteiger partial charge in [-0.1, -0.05) is 0 Å². The summed E-state index contributed by atoms with van der Waals surface area (Å²) in [6, 6.07) is 3.28. The Hall–Kier alpha value is -2.16. The van der Waals surface area contributed by atoms with Crippen molar-refractivity contribution in [1.82, 2.24) is 9.97 Å². The number of nitrogens with one attached hydrogen (secondary N) is 1. The second-order valence-corrected chi connectivity index (χ2v) is 3.04. The predicted octanol–water partition coefficient (Wildman–Crippen LogP) is 1.67. The van der Waals surface area contributed by atoms with Crippen molar-refractivity contribution in [2.24, 2.45) is 0 Å². The SMILES string of the molecule is O.O=[N+]([O-])c1ccc2nc(C(F)(F)F)[nH]c2c1. The molecule has 17 heavy (non-hydrogen) atoms. The van der Waals surface area contributed by atoms with E-state index < -0.39 is 16.9 Å². The number of aromatic nitrogens is 2. The Labute approximate surface area is 91.5 Å². The number of aromatic amines is 1. The summed E-state index contributed by atoms with van der Waals surface area (Å²) in [5.41, 5.74) is -0.260. The van der Waals surface area contributed by atoms with E-state index in [0.29, 0.717) is 0 Å². The van der Waals surface area contributed by atoms with Crippen molar-refractivity contribution in [3.8, 4) is 0 Å². The van der Waals surface area contributed by atoms with Gasteiger partial charge in [0.2, 0.25) is 5.82 Å². The summed E-state index contributed by atoms with van der Waals surface area (Å²) >= 11 is 0. The van der Waals surface area contributed by atoms with E-state index in [0.717, 1.165) is 12.1 Å². The van der Waals surface area contributed by atoms with Gasteiger partial charge in [0.1, 0.15) is 0 Å². The minimum absolute atomic E-state index is 0. The summed E-state index contributed by atoms with van der Waals surface area (Å²) in [7, 11) is 0. The van der Waals surface area contributed by atoms with Crippen molar-refractivity contribution in [2.45, 2.75) is 6.18 Å². The van der Waals surface area contributed by atoms with Crippen LogP contribution in [-0.4, -0.2) is 20.4 Å². The molecule has 0 spiro atoms. The van der Waals surface area contributed by atoms with Crippen LogP contribution in [-0.2, 0) is 6.18 Å². The van der Waals surface area contributed by atoms with Crippen LogP contribution in [0, 0.1) is 10.1 Å². The third kappa shape index (κ3) is 2.33. The largest absolute Gasteiger partial charge is 0.449 e. The molecule has 0 saturated heterocycles. The number of imidazole rings is 1. The highest BCUT2D eigenvalue weighted by Crippen LogP contribution is 2.29. The predicted molar refractivity (Wildman–Crippen MR) is 51.4 cm³/mol. The first-order chi connectivity index (χ1) is 7.38. The number of non-ortho nitro benzene ring substituents is 1. The summed E-state index contributed by atoms with van der Waals surface area (Å²) in [6.45, 7) is 0. The first-order valence-corrected chi connectivity index (χ1v) is 4.09. The standard InChI is InChI=1S/C8H4F3N3O2.H2O/c9-8(10,11)7-12-5-2-1-4(14(15)16)3-6(5)13-7;/h1-3H,(H,12,13);1H2. The van der Waals surface area contributed by atoms with Crippen LogP contribution in [0.3, 0.4) is 0 Å². The smallest absolute Gasteiger partial charge is 0.412 e. The van der Waals surface area contributed by atoms with Gasteiger partial charge < -0.3 is 10.5 Å². The van der Waals surface area contributed by atoms with Crippen LogP contribution in [0.4, 0.5) is 18.9 Å². The zero-order chi connectivity index (χ0) is 11.9. The maximum atomic E-state index is 12.3. The van der Waals surface area contributed by atoms with Gasteiger partial charge in [-0.05, 0) is 6.07 Å². The lowest BCUT2D eigenvalue weighted by atomic mass is 10.3. The molecule has 1 aromatic heterocycles. The van der Waals surface area contributed by atoms with Gasteiger partial charge in [0.15, 0.2) is 0 Å². The highest BCUT2D eigenvalue weighted by Gasteiger charge is 2.34. The summed E-state index contributed by atoms with van der Waals surface area (Å²) in [5, 5.41) is 10.4. The van der Waals surface area contributed by atoms with Gasteiger partial charge in [-0.15, -0.1) is 0 Å². The monoisotopic (exact) mass is 249 g/mol. The van der Waals surface area contributed by atoms with Crippen molar-refractivity contribution in [3.05, 3.63) is 34.1 Å². The normalized spacial score (nSPS) is 11.2. The second kappa shape index (κ2) is 4.01. The molecular weight excluding hydrogens is 243 g/mol. The molecule has 9 heteroatoms. The molecule has 0 radical (unpaired) electrons. The van der Waals surface area contributed by atoms with Gasteiger partial charge in [0.25, 0.3) is 5.69 Å². The topological polar surface area (TPSA) is 103 Å². The van der Waals surface area contributed by atoms with Crippen LogP contribution in [0.15, 0.2) is 18.2 Å². The van der Waals surface area contributed by atoms with Gasteiger partial charge >= 0.3 is 6.18 Å². The van der Waals surface area contributed by atoms with Crippen molar-refractivity contribution in [1.29, 1.82) is 0 Å². The van der Waals surface area contributed by atoms with E-state index in [1.807, 2.05) is 4.98 Å². The number of nitrogens with zero attached hydrogens (tertiary/aromatic N) is 2. The van der Waals surface area contributed by atoms with Crippen molar-refractivity contribution in [2.75, 3.05) is 0 Å². The lowest BCUT2D eigenvalue weighted by Gasteiger charge is -1.98. The van der Waals surface area contributed by atoms with E-state index in [1.165, 1.54) is 6.07 Å². The van der Waals surface area contributed by atoms with Crippen molar-refractivity contribution >= 4 is 16.7 Å². The van der Waals surface area contributed by atoms with E-state index >= 15 is 0 Å². The maximum Gasteiger partial charge on any atom is 0.449 e. The van der Waals surface area contributed by atoms with Crippen LogP contribution >= 0.6 is 0 Å². The molecule has 2 aromatic rings. The molecule has 0 aliphatic carbocycles. The van der Waals surface area contributed by atoms with E-state index in [-0.39, 0.29) is 22.2 Å².